The van der Waals surface area contributed by atoms with E-state index in [2.05, 4.69) is 0 Å². The van der Waals surface area contributed by atoms with Crippen molar-refractivity contribution in [2.75, 3.05) is 26.3 Å². The Balaban J connectivity index is 2.09. The first-order valence-electron chi connectivity index (χ1n) is 7.89. The summed E-state index contributed by atoms with van der Waals surface area (Å²) in [5.41, 5.74) is -0.389. The van der Waals surface area contributed by atoms with E-state index in [1.807, 2.05) is 0 Å². The number of benzene rings is 2. The first-order valence-corrected chi connectivity index (χ1v) is 10.5. The number of sulfonamides is 1. The standard InChI is InChI=1S/C16H13Cl3N2O6S/c17-11-8-13(19)15(9-12(11)18)27-14-2-1-10(21(22)23)7-16(14)28(24,25)20-3-5-26-6-4-20/h1-2,7-9H,3-6H2. The summed E-state index contributed by atoms with van der Waals surface area (Å²) in [5, 5.41) is 11.6. The fourth-order valence-corrected chi connectivity index (χ4v) is 4.64. The molecule has 0 bridgehead atoms. The van der Waals surface area contributed by atoms with Gasteiger partial charge in [-0.15, -0.1) is 0 Å². The number of nitrogens with zero attached hydrogens (tertiary/aromatic N) is 2. The van der Waals surface area contributed by atoms with E-state index in [4.69, 9.17) is 44.3 Å². The maximum absolute atomic E-state index is 13.1. The fraction of sp³-hybridized carbons (Fsp3) is 0.250. The maximum atomic E-state index is 13.1. The summed E-state index contributed by atoms with van der Waals surface area (Å²) in [6.45, 7) is 0.696. The molecule has 28 heavy (non-hydrogen) atoms. The molecule has 1 saturated heterocycles. The molecular weight excluding hydrogens is 455 g/mol. The van der Waals surface area contributed by atoms with E-state index in [0.717, 1.165) is 12.1 Å². The van der Waals surface area contributed by atoms with Crippen LogP contribution in [-0.2, 0) is 14.8 Å². The van der Waals surface area contributed by atoms with Crippen LogP contribution in [0.1, 0.15) is 0 Å². The molecule has 0 spiro atoms. The first-order chi connectivity index (χ1) is 13.2. The van der Waals surface area contributed by atoms with Crippen molar-refractivity contribution in [1.82, 2.24) is 4.31 Å². The Hall–Kier alpha value is -1.62. The van der Waals surface area contributed by atoms with Crippen molar-refractivity contribution in [3.05, 3.63) is 55.5 Å². The Labute approximate surface area is 175 Å². The normalized spacial score (nSPS) is 15.4. The summed E-state index contributed by atoms with van der Waals surface area (Å²) in [6.07, 6.45) is 0. The third kappa shape index (κ3) is 4.35. The quantitative estimate of drug-likeness (QED) is 0.368. The predicted octanol–water partition coefficient (Wildman–Crippen LogP) is 4.37. The zero-order valence-corrected chi connectivity index (χ0v) is 17.2. The molecule has 0 aliphatic carbocycles. The van der Waals surface area contributed by atoms with Crippen molar-refractivity contribution < 1.29 is 22.8 Å². The van der Waals surface area contributed by atoms with Gasteiger partial charge in [-0.25, -0.2) is 8.42 Å². The second kappa shape index (κ2) is 8.40. The Morgan fingerprint density at radius 1 is 1.00 bits per heavy atom. The van der Waals surface area contributed by atoms with Crippen molar-refractivity contribution in [3.63, 3.8) is 0 Å². The van der Waals surface area contributed by atoms with Gasteiger partial charge in [0.2, 0.25) is 10.0 Å². The Morgan fingerprint density at radius 3 is 2.29 bits per heavy atom. The number of non-ortho nitro benzene ring substituents is 1. The van der Waals surface area contributed by atoms with Gasteiger partial charge in [-0.2, -0.15) is 4.31 Å². The Bertz CT molecular complexity index is 1030. The average molecular weight is 468 g/mol. The minimum absolute atomic E-state index is 0.0587. The van der Waals surface area contributed by atoms with Crippen LogP contribution in [0.15, 0.2) is 35.2 Å². The number of halogens is 3. The van der Waals surface area contributed by atoms with Crippen LogP contribution in [0.5, 0.6) is 11.5 Å². The third-order valence-electron chi connectivity index (χ3n) is 3.92. The lowest BCUT2D eigenvalue weighted by molar-refractivity contribution is -0.385. The lowest BCUT2D eigenvalue weighted by Crippen LogP contribution is -2.40. The molecule has 1 heterocycles. The smallest absolute Gasteiger partial charge is 0.271 e. The second-order valence-corrected chi connectivity index (χ2v) is 8.83. The van der Waals surface area contributed by atoms with Crippen LogP contribution in [-0.4, -0.2) is 43.9 Å². The van der Waals surface area contributed by atoms with E-state index in [0.29, 0.717) is 0 Å². The molecule has 0 N–H and O–H groups in total. The first kappa shape index (κ1) is 21.1. The van der Waals surface area contributed by atoms with E-state index in [1.54, 1.807) is 0 Å². The number of nitro benzene ring substituents is 1. The van der Waals surface area contributed by atoms with Crippen LogP contribution in [0.3, 0.4) is 0 Å². The molecule has 0 amide bonds. The summed E-state index contributed by atoms with van der Waals surface area (Å²) in [4.78, 5) is 10.1. The van der Waals surface area contributed by atoms with Gasteiger partial charge in [0.15, 0.2) is 0 Å². The summed E-state index contributed by atoms with van der Waals surface area (Å²) < 4.78 is 38.1. The third-order valence-corrected chi connectivity index (χ3v) is 6.86. The molecule has 0 radical (unpaired) electrons. The molecule has 1 aliphatic rings. The van der Waals surface area contributed by atoms with Crippen LogP contribution in [0, 0.1) is 10.1 Å². The van der Waals surface area contributed by atoms with Crippen LogP contribution < -0.4 is 4.74 Å². The van der Waals surface area contributed by atoms with E-state index < -0.39 is 14.9 Å². The molecule has 8 nitrogen and oxygen atoms in total. The molecule has 12 heteroatoms. The highest BCUT2D eigenvalue weighted by atomic mass is 35.5. The van der Waals surface area contributed by atoms with Gasteiger partial charge in [0, 0.05) is 31.3 Å². The molecule has 0 aromatic heterocycles. The second-order valence-electron chi connectivity index (χ2n) is 5.70. The Morgan fingerprint density at radius 2 is 1.64 bits per heavy atom. The van der Waals surface area contributed by atoms with E-state index in [1.165, 1.54) is 22.5 Å². The number of hydrogen-bond acceptors (Lipinski definition) is 6. The largest absolute Gasteiger partial charge is 0.454 e. The molecule has 0 saturated carbocycles. The monoisotopic (exact) mass is 466 g/mol. The molecule has 0 unspecified atom stereocenters. The highest BCUT2D eigenvalue weighted by Gasteiger charge is 2.31. The average Bonchev–Trinajstić information content (AvgIpc) is 2.66. The van der Waals surface area contributed by atoms with E-state index in [-0.39, 0.29) is 63.5 Å². The summed E-state index contributed by atoms with van der Waals surface area (Å²) in [7, 11) is -4.08. The number of ether oxygens (including phenoxy) is 2. The van der Waals surface area contributed by atoms with Gasteiger partial charge in [-0.05, 0) is 12.1 Å². The van der Waals surface area contributed by atoms with Crippen molar-refractivity contribution >= 4 is 50.5 Å². The van der Waals surface area contributed by atoms with Gasteiger partial charge in [-0.3, -0.25) is 10.1 Å². The maximum Gasteiger partial charge on any atom is 0.271 e. The number of nitro groups is 1. The van der Waals surface area contributed by atoms with Crippen molar-refractivity contribution in [1.29, 1.82) is 0 Å². The van der Waals surface area contributed by atoms with Gasteiger partial charge in [0.05, 0.1) is 33.2 Å². The van der Waals surface area contributed by atoms with Gasteiger partial charge in [0.1, 0.15) is 16.4 Å². The highest BCUT2D eigenvalue weighted by Crippen LogP contribution is 2.39. The van der Waals surface area contributed by atoms with Crippen LogP contribution >= 0.6 is 34.8 Å². The molecule has 0 atom stereocenters. The fourth-order valence-electron chi connectivity index (χ4n) is 2.52. The van der Waals surface area contributed by atoms with Crippen LogP contribution in [0.25, 0.3) is 0 Å². The molecule has 2 aromatic carbocycles. The predicted molar refractivity (Wildman–Crippen MR) is 104 cm³/mol. The minimum atomic E-state index is -4.08. The number of morpholine rings is 1. The lowest BCUT2D eigenvalue weighted by Gasteiger charge is -2.26. The lowest BCUT2D eigenvalue weighted by atomic mass is 10.3. The van der Waals surface area contributed by atoms with Gasteiger partial charge in [0.25, 0.3) is 5.69 Å². The van der Waals surface area contributed by atoms with Gasteiger partial charge < -0.3 is 9.47 Å². The molecule has 2 aromatic rings. The topological polar surface area (TPSA) is 99.0 Å². The summed E-state index contributed by atoms with van der Waals surface area (Å²) in [5.74, 6) is -0.0688. The number of hydrogen-bond donors (Lipinski definition) is 0. The molecule has 1 aliphatic heterocycles. The molecule has 3 rings (SSSR count). The van der Waals surface area contributed by atoms with Crippen molar-refractivity contribution in [3.8, 4) is 11.5 Å². The van der Waals surface area contributed by atoms with Crippen molar-refractivity contribution in [2.45, 2.75) is 4.90 Å². The van der Waals surface area contributed by atoms with Gasteiger partial charge in [-0.1, -0.05) is 34.8 Å². The van der Waals surface area contributed by atoms with Crippen LogP contribution in [0.4, 0.5) is 5.69 Å². The summed E-state index contributed by atoms with van der Waals surface area (Å²) in [6, 6.07) is 5.97. The summed E-state index contributed by atoms with van der Waals surface area (Å²) >= 11 is 18.0. The molecule has 150 valence electrons. The molecular formula is C16H13Cl3N2O6S. The Kier molecular flexibility index (Phi) is 6.33. The van der Waals surface area contributed by atoms with Crippen LogP contribution in [0.2, 0.25) is 15.1 Å². The SMILES string of the molecule is O=[N+]([O-])c1ccc(Oc2cc(Cl)c(Cl)cc2Cl)c(S(=O)(=O)N2CCOCC2)c1. The van der Waals surface area contributed by atoms with E-state index >= 15 is 0 Å². The molecule has 1 fully saturated rings. The number of rotatable bonds is 5. The zero-order chi connectivity index (χ0) is 20.5. The minimum Gasteiger partial charge on any atom is -0.454 e. The van der Waals surface area contributed by atoms with E-state index in [9.17, 15) is 18.5 Å². The van der Waals surface area contributed by atoms with Gasteiger partial charge >= 0.3 is 0 Å². The zero-order valence-electron chi connectivity index (χ0n) is 14.1. The highest BCUT2D eigenvalue weighted by molar-refractivity contribution is 7.89. The van der Waals surface area contributed by atoms with Crippen molar-refractivity contribution in [2.24, 2.45) is 0 Å².